The van der Waals surface area contributed by atoms with Crippen LogP contribution in [0.5, 0.6) is 0 Å². The molecule has 0 aliphatic rings. The molecule has 3 aromatic rings. The Morgan fingerprint density at radius 2 is 1.00 bits per heavy atom. The van der Waals surface area contributed by atoms with Crippen molar-refractivity contribution in [3.63, 3.8) is 0 Å². The third-order valence-electron chi connectivity index (χ3n) is 3.80. The Labute approximate surface area is 155 Å². The highest BCUT2D eigenvalue weighted by molar-refractivity contribution is 5.88. The van der Waals surface area contributed by atoms with Crippen molar-refractivity contribution in [1.29, 1.82) is 0 Å². The van der Waals surface area contributed by atoms with E-state index in [1.165, 1.54) is 38.6 Å². The van der Waals surface area contributed by atoms with Gasteiger partial charge in [-0.2, -0.15) is 0 Å². The maximum Gasteiger partial charge on any atom is -0.0175 e. The first kappa shape index (κ1) is 22.9. The first-order valence-electron chi connectivity index (χ1n) is 9.71. The molecule has 0 heterocycles. The van der Waals surface area contributed by atoms with E-state index in [9.17, 15) is 0 Å². The van der Waals surface area contributed by atoms with E-state index in [1.54, 1.807) is 0 Å². The first-order chi connectivity index (χ1) is 12.1. The molecule has 0 aromatic heterocycles. The van der Waals surface area contributed by atoms with E-state index in [-0.39, 0.29) is 0 Å². The quantitative estimate of drug-likeness (QED) is 0.418. The molecule has 0 fully saturated rings. The average molecular weight is 337 g/mol. The second-order valence-corrected chi connectivity index (χ2v) is 5.37. The molecule has 136 valence electrons. The van der Waals surface area contributed by atoms with Crippen molar-refractivity contribution >= 4 is 10.8 Å². The van der Waals surface area contributed by atoms with Crippen molar-refractivity contribution in [2.45, 2.75) is 62.3 Å². The van der Waals surface area contributed by atoms with Gasteiger partial charge in [-0.25, -0.2) is 0 Å². The Balaban J connectivity index is 0.000000871. The van der Waals surface area contributed by atoms with Gasteiger partial charge in [0.15, 0.2) is 0 Å². The lowest BCUT2D eigenvalue weighted by molar-refractivity contribution is 1.36. The van der Waals surface area contributed by atoms with Gasteiger partial charge in [0.05, 0.1) is 0 Å². The van der Waals surface area contributed by atoms with Gasteiger partial charge in [0, 0.05) is 0 Å². The molecule has 0 nitrogen and oxygen atoms in total. The number of hydrogen-bond donors (Lipinski definition) is 0. The Morgan fingerprint density at radius 1 is 0.480 bits per heavy atom. The molecule has 3 rings (SSSR count). The van der Waals surface area contributed by atoms with Crippen molar-refractivity contribution in [2.24, 2.45) is 0 Å². The number of fused-ring (bicyclic) bond motifs is 1. The molecule has 0 N–H and O–H groups in total. The Kier molecular flexibility index (Phi) is 11.3. The molecule has 0 heteroatoms. The molecule has 3 aromatic carbocycles. The zero-order valence-corrected chi connectivity index (χ0v) is 17.7. The summed E-state index contributed by atoms with van der Waals surface area (Å²) in [5.41, 5.74) is 6.60. The van der Waals surface area contributed by atoms with Crippen LogP contribution in [0.4, 0.5) is 0 Å². The van der Waals surface area contributed by atoms with Gasteiger partial charge >= 0.3 is 0 Å². The number of rotatable bonds is 1. The molecule has 0 aliphatic heterocycles. The molecule has 0 bridgehead atoms. The second kappa shape index (κ2) is 12.3. The Hall–Kier alpha value is -2.08. The van der Waals surface area contributed by atoms with E-state index < -0.39 is 0 Å². The zero-order valence-electron chi connectivity index (χ0n) is 17.7. The van der Waals surface area contributed by atoms with E-state index in [0.29, 0.717) is 0 Å². The van der Waals surface area contributed by atoms with Crippen molar-refractivity contribution < 1.29 is 0 Å². The average Bonchev–Trinajstić information content (AvgIpc) is 2.67. The maximum atomic E-state index is 2.29. The Bertz CT molecular complexity index is 751. The minimum atomic E-state index is 1.29. The molecule has 0 unspecified atom stereocenters. The highest BCUT2D eigenvalue weighted by atomic mass is 14.1. The predicted molar refractivity (Wildman–Crippen MR) is 118 cm³/mol. The molecule has 25 heavy (non-hydrogen) atoms. The van der Waals surface area contributed by atoms with Crippen LogP contribution in [0, 0.1) is 20.8 Å². The molecule has 0 spiro atoms. The number of aryl methyl sites for hydroxylation is 3. The van der Waals surface area contributed by atoms with Gasteiger partial charge in [-0.15, -0.1) is 0 Å². The molecule has 0 amide bonds. The molecule has 0 aliphatic carbocycles. The van der Waals surface area contributed by atoms with Crippen LogP contribution < -0.4 is 0 Å². The summed E-state index contributed by atoms with van der Waals surface area (Å²) in [5.74, 6) is 0. The van der Waals surface area contributed by atoms with Gasteiger partial charge in [0.1, 0.15) is 0 Å². The van der Waals surface area contributed by atoms with E-state index in [1.807, 2.05) is 41.5 Å². The van der Waals surface area contributed by atoms with Gasteiger partial charge in [0.2, 0.25) is 0 Å². The third kappa shape index (κ3) is 6.38. The van der Waals surface area contributed by atoms with E-state index in [0.717, 1.165) is 0 Å². The highest BCUT2D eigenvalue weighted by Gasteiger charge is 2.02. The fourth-order valence-electron chi connectivity index (χ4n) is 2.53. The van der Waals surface area contributed by atoms with Gasteiger partial charge in [-0.3, -0.25) is 0 Å². The van der Waals surface area contributed by atoms with Gasteiger partial charge in [0.25, 0.3) is 0 Å². The van der Waals surface area contributed by atoms with Crippen LogP contribution in [0.2, 0.25) is 0 Å². The summed E-state index contributed by atoms with van der Waals surface area (Å²) >= 11 is 0. The molecule has 0 radical (unpaired) electrons. The van der Waals surface area contributed by atoms with Crippen LogP contribution in [0.15, 0.2) is 54.6 Å². The van der Waals surface area contributed by atoms with Crippen molar-refractivity contribution in [1.82, 2.24) is 0 Å². The molecular weight excluding hydrogens is 300 g/mol. The molecule has 0 saturated heterocycles. The van der Waals surface area contributed by atoms with E-state index in [2.05, 4.69) is 75.4 Å². The topological polar surface area (TPSA) is 0 Å². The summed E-state index contributed by atoms with van der Waals surface area (Å²) in [6.45, 7) is 18.5. The fraction of sp³-hybridized carbons (Fsp3) is 0.360. The SMILES string of the molecule is CC.CC.CC.Cc1cccc(-c2ccc3cc(C)c(C)cc3c2)c1. The summed E-state index contributed by atoms with van der Waals surface area (Å²) in [6, 6.07) is 19.9. The fourth-order valence-corrected chi connectivity index (χ4v) is 2.53. The van der Waals surface area contributed by atoms with Crippen molar-refractivity contribution in [3.8, 4) is 11.1 Å². The van der Waals surface area contributed by atoms with E-state index in [4.69, 9.17) is 0 Å². The number of hydrogen-bond acceptors (Lipinski definition) is 0. The zero-order chi connectivity index (χ0) is 19.4. The van der Waals surface area contributed by atoms with E-state index >= 15 is 0 Å². The van der Waals surface area contributed by atoms with Crippen molar-refractivity contribution in [3.05, 3.63) is 71.3 Å². The predicted octanol–water partition coefficient (Wildman–Crippen LogP) is 8.51. The van der Waals surface area contributed by atoms with Crippen LogP contribution in [0.1, 0.15) is 58.2 Å². The van der Waals surface area contributed by atoms with Crippen LogP contribution in [-0.2, 0) is 0 Å². The summed E-state index contributed by atoms with van der Waals surface area (Å²) in [7, 11) is 0. The standard InChI is InChI=1S/C19H18.3C2H6/c1-13-5-4-6-16(9-13)18-8-7-17-10-14(2)15(3)11-19(17)12-18;3*1-2/h4-12H,1-3H3;3*1-2H3. The minimum absolute atomic E-state index is 1.29. The summed E-state index contributed by atoms with van der Waals surface area (Å²) in [6.07, 6.45) is 0. The first-order valence-corrected chi connectivity index (χ1v) is 9.71. The largest absolute Gasteiger partial charge is 0.0683 e. The maximum absolute atomic E-state index is 2.29. The van der Waals surface area contributed by atoms with Gasteiger partial charge in [-0.05, 0) is 59.9 Å². The molecule has 0 saturated carbocycles. The minimum Gasteiger partial charge on any atom is -0.0683 e. The van der Waals surface area contributed by atoms with Crippen LogP contribution >= 0.6 is 0 Å². The summed E-state index contributed by atoms with van der Waals surface area (Å²) in [5, 5.41) is 2.64. The second-order valence-electron chi connectivity index (χ2n) is 5.37. The normalized spacial score (nSPS) is 9.00. The Morgan fingerprint density at radius 3 is 1.56 bits per heavy atom. The van der Waals surface area contributed by atoms with Crippen LogP contribution in [0.3, 0.4) is 0 Å². The van der Waals surface area contributed by atoms with Crippen molar-refractivity contribution in [2.75, 3.05) is 0 Å². The van der Waals surface area contributed by atoms with Crippen LogP contribution in [0.25, 0.3) is 21.9 Å². The lowest BCUT2D eigenvalue weighted by Gasteiger charge is -2.07. The third-order valence-corrected chi connectivity index (χ3v) is 3.80. The lowest BCUT2D eigenvalue weighted by atomic mass is 9.97. The van der Waals surface area contributed by atoms with Gasteiger partial charge < -0.3 is 0 Å². The number of benzene rings is 3. The lowest BCUT2D eigenvalue weighted by Crippen LogP contribution is -1.84. The monoisotopic (exact) mass is 336 g/mol. The molecular formula is C25H36. The highest BCUT2D eigenvalue weighted by Crippen LogP contribution is 2.26. The van der Waals surface area contributed by atoms with Gasteiger partial charge in [-0.1, -0.05) is 95.6 Å². The summed E-state index contributed by atoms with van der Waals surface area (Å²) < 4.78 is 0. The molecule has 0 atom stereocenters. The smallest absolute Gasteiger partial charge is 0.0175 e. The summed E-state index contributed by atoms with van der Waals surface area (Å²) in [4.78, 5) is 0. The van der Waals surface area contributed by atoms with Crippen LogP contribution in [-0.4, -0.2) is 0 Å².